The lowest BCUT2D eigenvalue weighted by molar-refractivity contribution is -0.124. The molecule has 8 heteroatoms. The number of carbonyl (C=O) groups is 1. The first-order valence-electron chi connectivity index (χ1n) is 12.3. The topological polar surface area (TPSA) is 66.4 Å². The molecule has 0 aromatic heterocycles. The van der Waals surface area contributed by atoms with Crippen LogP contribution < -0.4 is 14.8 Å². The highest BCUT2D eigenvalue weighted by Crippen LogP contribution is 2.41. The standard InChI is InChI=1S/C27H35ClN4O3/c1-5-6-23-26(19-7-9-20(28)10-8-19)32(25-16-29-13-14-31(25)17-33)27(30-23)22-12-11-21(34-4)15-24(22)35-18(2)3/h7-12,15,17-18,23,25-26,29H,5-6,13-14,16H2,1-4H3. The van der Waals surface area contributed by atoms with Crippen molar-refractivity contribution in [3.8, 4) is 11.5 Å². The van der Waals surface area contributed by atoms with Crippen LogP contribution >= 0.6 is 11.6 Å². The Labute approximate surface area is 213 Å². The highest BCUT2D eigenvalue weighted by atomic mass is 35.5. The minimum Gasteiger partial charge on any atom is -0.497 e. The van der Waals surface area contributed by atoms with Crippen molar-refractivity contribution in [2.24, 2.45) is 4.99 Å². The molecule has 3 atom stereocenters. The molecular formula is C27H35ClN4O3. The van der Waals surface area contributed by atoms with Crippen molar-refractivity contribution in [3.05, 3.63) is 58.6 Å². The van der Waals surface area contributed by atoms with E-state index in [4.69, 9.17) is 26.1 Å². The maximum absolute atomic E-state index is 12.1. The third-order valence-corrected chi connectivity index (χ3v) is 6.75. The fourth-order valence-corrected chi connectivity index (χ4v) is 5.09. The van der Waals surface area contributed by atoms with E-state index in [-0.39, 0.29) is 24.4 Å². The number of benzene rings is 2. The molecule has 0 bridgehead atoms. The predicted molar refractivity (Wildman–Crippen MR) is 139 cm³/mol. The first kappa shape index (κ1) is 25.3. The molecule has 0 aliphatic carbocycles. The van der Waals surface area contributed by atoms with E-state index >= 15 is 0 Å². The van der Waals surface area contributed by atoms with Crippen molar-refractivity contribution in [1.29, 1.82) is 0 Å². The molecule has 0 spiro atoms. The number of amidine groups is 1. The second kappa shape index (κ2) is 11.3. The number of rotatable bonds is 9. The van der Waals surface area contributed by atoms with Crippen LogP contribution in [0.4, 0.5) is 0 Å². The van der Waals surface area contributed by atoms with Gasteiger partial charge in [-0.3, -0.25) is 9.79 Å². The zero-order valence-electron chi connectivity index (χ0n) is 20.9. The van der Waals surface area contributed by atoms with Gasteiger partial charge in [0.2, 0.25) is 6.41 Å². The number of piperazine rings is 1. The summed E-state index contributed by atoms with van der Waals surface area (Å²) in [5.41, 5.74) is 2.02. The number of nitrogens with zero attached hydrogens (tertiary/aromatic N) is 3. The van der Waals surface area contributed by atoms with Crippen LogP contribution in [0.2, 0.25) is 5.02 Å². The molecule has 2 aromatic carbocycles. The molecule has 7 nitrogen and oxygen atoms in total. The highest BCUT2D eigenvalue weighted by Gasteiger charge is 2.44. The monoisotopic (exact) mass is 498 g/mol. The van der Waals surface area contributed by atoms with E-state index in [0.717, 1.165) is 54.3 Å². The summed E-state index contributed by atoms with van der Waals surface area (Å²) in [6.45, 7) is 8.25. The minimum absolute atomic E-state index is 0.0161. The largest absolute Gasteiger partial charge is 0.497 e. The van der Waals surface area contributed by atoms with Crippen LogP contribution in [0.25, 0.3) is 0 Å². The molecule has 1 fully saturated rings. The van der Waals surface area contributed by atoms with Gasteiger partial charge in [0.05, 0.1) is 30.9 Å². The number of hydrogen-bond donors (Lipinski definition) is 1. The lowest BCUT2D eigenvalue weighted by atomic mass is 9.95. The molecule has 2 aliphatic heterocycles. The predicted octanol–water partition coefficient (Wildman–Crippen LogP) is 4.50. The second-order valence-electron chi connectivity index (χ2n) is 9.27. The number of methoxy groups -OCH3 is 1. The fourth-order valence-electron chi connectivity index (χ4n) is 4.96. The van der Waals surface area contributed by atoms with Gasteiger partial charge in [-0.2, -0.15) is 0 Å². The van der Waals surface area contributed by atoms with E-state index in [9.17, 15) is 4.79 Å². The van der Waals surface area contributed by atoms with Crippen LogP contribution in [0.3, 0.4) is 0 Å². The maximum Gasteiger partial charge on any atom is 0.211 e. The molecule has 1 saturated heterocycles. The van der Waals surface area contributed by atoms with Crippen molar-refractivity contribution >= 4 is 23.8 Å². The summed E-state index contributed by atoms with van der Waals surface area (Å²) in [7, 11) is 1.65. The fraction of sp³-hybridized carbons (Fsp3) is 0.481. The Morgan fingerprint density at radius 2 is 2.00 bits per heavy atom. The Morgan fingerprint density at radius 3 is 2.66 bits per heavy atom. The summed E-state index contributed by atoms with van der Waals surface area (Å²) < 4.78 is 11.7. The van der Waals surface area contributed by atoms with Crippen molar-refractivity contribution in [2.45, 2.75) is 58.0 Å². The van der Waals surface area contributed by atoms with Gasteiger partial charge in [-0.15, -0.1) is 0 Å². The van der Waals surface area contributed by atoms with Gasteiger partial charge >= 0.3 is 0 Å². The number of halogens is 1. The zero-order valence-corrected chi connectivity index (χ0v) is 21.7. The van der Waals surface area contributed by atoms with E-state index in [2.05, 4.69) is 29.3 Å². The van der Waals surface area contributed by atoms with Gasteiger partial charge in [-0.1, -0.05) is 37.1 Å². The van der Waals surface area contributed by atoms with Gasteiger partial charge in [0.15, 0.2) is 0 Å². The zero-order chi connectivity index (χ0) is 24.9. The van der Waals surface area contributed by atoms with Crippen LogP contribution in [0.15, 0.2) is 47.5 Å². The van der Waals surface area contributed by atoms with Crippen molar-refractivity contribution in [3.63, 3.8) is 0 Å². The molecule has 4 rings (SSSR count). The number of aliphatic imine (C=N–C) groups is 1. The van der Waals surface area contributed by atoms with Gasteiger partial charge in [0, 0.05) is 30.7 Å². The number of ether oxygens (including phenoxy) is 2. The number of hydrogen-bond acceptors (Lipinski definition) is 6. The average molecular weight is 499 g/mol. The normalized spacial score (nSPS) is 22.3. The van der Waals surface area contributed by atoms with E-state index < -0.39 is 0 Å². The van der Waals surface area contributed by atoms with E-state index in [1.165, 1.54) is 0 Å². The number of amides is 1. The third kappa shape index (κ3) is 5.41. The van der Waals surface area contributed by atoms with Gasteiger partial charge in [0.25, 0.3) is 0 Å². The van der Waals surface area contributed by atoms with Gasteiger partial charge in [0.1, 0.15) is 23.5 Å². The van der Waals surface area contributed by atoms with Crippen molar-refractivity contribution in [2.75, 3.05) is 26.7 Å². The summed E-state index contributed by atoms with van der Waals surface area (Å²) in [4.78, 5) is 21.6. The maximum atomic E-state index is 12.1. The van der Waals surface area contributed by atoms with Crippen LogP contribution in [-0.4, -0.2) is 67.1 Å². The first-order chi connectivity index (χ1) is 17.0. The Bertz CT molecular complexity index is 1040. The van der Waals surface area contributed by atoms with Gasteiger partial charge < -0.3 is 24.6 Å². The van der Waals surface area contributed by atoms with Gasteiger partial charge in [-0.25, -0.2) is 0 Å². The molecule has 2 aliphatic rings. The summed E-state index contributed by atoms with van der Waals surface area (Å²) >= 11 is 6.23. The summed E-state index contributed by atoms with van der Waals surface area (Å²) in [5, 5.41) is 4.17. The Hall–Kier alpha value is -2.77. The van der Waals surface area contributed by atoms with Crippen molar-refractivity contribution in [1.82, 2.24) is 15.1 Å². The Balaban J connectivity index is 1.87. The summed E-state index contributed by atoms with van der Waals surface area (Å²) in [6.07, 6.45) is 2.67. The highest BCUT2D eigenvalue weighted by molar-refractivity contribution is 6.30. The van der Waals surface area contributed by atoms with E-state index in [1.807, 2.05) is 49.1 Å². The molecule has 188 valence electrons. The average Bonchev–Trinajstić information content (AvgIpc) is 3.22. The minimum atomic E-state index is -0.184. The molecule has 1 amide bonds. The lowest BCUT2D eigenvalue weighted by Gasteiger charge is -2.44. The van der Waals surface area contributed by atoms with Crippen LogP contribution in [-0.2, 0) is 4.79 Å². The molecular weight excluding hydrogens is 464 g/mol. The van der Waals surface area contributed by atoms with Crippen LogP contribution in [0.5, 0.6) is 11.5 Å². The van der Waals surface area contributed by atoms with Gasteiger partial charge in [-0.05, 0) is 50.1 Å². The summed E-state index contributed by atoms with van der Waals surface area (Å²) in [5.74, 6) is 2.28. The molecule has 2 aromatic rings. The molecule has 0 saturated carbocycles. The van der Waals surface area contributed by atoms with E-state index in [1.54, 1.807) is 7.11 Å². The molecule has 2 heterocycles. The molecule has 1 N–H and O–H groups in total. The smallest absolute Gasteiger partial charge is 0.211 e. The quantitative estimate of drug-likeness (QED) is 0.516. The second-order valence-corrected chi connectivity index (χ2v) is 9.71. The van der Waals surface area contributed by atoms with Crippen LogP contribution in [0, 0.1) is 0 Å². The van der Waals surface area contributed by atoms with Crippen LogP contribution in [0.1, 0.15) is 50.8 Å². The van der Waals surface area contributed by atoms with E-state index in [0.29, 0.717) is 18.1 Å². The van der Waals surface area contributed by atoms with Crippen molar-refractivity contribution < 1.29 is 14.3 Å². The SMILES string of the molecule is CCCC1N=C(c2ccc(OC)cc2OC(C)C)N(C2CNCCN2C=O)C1c1ccc(Cl)cc1. The molecule has 3 unspecified atom stereocenters. The Kier molecular flexibility index (Phi) is 8.19. The Morgan fingerprint density at radius 1 is 1.23 bits per heavy atom. The lowest BCUT2D eigenvalue weighted by Crippen LogP contribution is -2.60. The number of carbonyl (C=O) groups excluding carboxylic acids is 1. The summed E-state index contributed by atoms with van der Waals surface area (Å²) in [6, 6.07) is 13.8. The first-order valence-corrected chi connectivity index (χ1v) is 12.7. The molecule has 0 radical (unpaired) electrons. The third-order valence-electron chi connectivity index (χ3n) is 6.50. The number of nitrogens with one attached hydrogen (secondary N) is 1. The molecule has 35 heavy (non-hydrogen) atoms.